The maximum Gasteiger partial charge on any atom is 0.234 e. The van der Waals surface area contributed by atoms with Gasteiger partial charge in [0.15, 0.2) is 0 Å². The number of nitrogens with one attached hydrogen (secondary N) is 1. The molecule has 5 nitrogen and oxygen atoms in total. The number of amides is 1. The van der Waals surface area contributed by atoms with Gasteiger partial charge in [-0.2, -0.15) is 0 Å². The van der Waals surface area contributed by atoms with Gasteiger partial charge in [-0.25, -0.2) is 0 Å². The lowest BCUT2D eigenvalue weighted by atomic mass is 10.1. The first-order chi connectivity index (χ1) is 9.80. The van der Waals surface area contributed by atoms with E-state index in [1.165, 1.54) is 0 Å². The minimum Gasteiger partial charge on any atom is -0.497 e. The number of hydrogen-bond acceptors (Lipinski definition) is 4. The van der Waals surface area contributed by atoms with E-state index < -0.39 is 0 Å². The highest BCUT2D eigenvalue weighted by Crippen LogP contribution is 2.16. The van der Waals surface area contributed by atoms with E-state index in [-0.39, 0.29) is 11.4 Å². The summed E-state index contributed by atoms with van der Waals surface area (Å²) in [6, 6.07) is 7.45. The molecule has 0 fully saturated rings. The maximum absolute atomic E-state index is 11.8. The second-order valence-corrected chi connectivity index (χ2v) is 6.06. The molecule has 1 aromatic rings. The Morgan fingerprint density at radius 1 is 1.19 bits per heavy atom. The summed E-state index contributed by atoms with van der Waals surface area (Å²) in [6.45, 7) is 7.49. The van der Waals surface area contributed by atoms with Crippen molar-refractivity contribution in [2.45, 2.75) is 26.3 Å². The van der Waals surface area contributed by atoms with Crippen molar-refractivity contribution in [3.63, 3.8) is 0 Å². The zero-order valence-electron chi connectivity index (χ0n) is 13.6. The SMILES string of the molecule is COc1ccc(OCCN(C)CC(=O)NC(C)(C)C)cc1. The molecule has 0 unspecified atom stereocenters. The normalized spacial score (nSPS) is 11.3. The van der Waals surface area contributed by atoms with Crippen LogP contribution in [0.1, 0.15) is 20.8 Å². The van der Waals surface area contributed by atoms with Crippen molar-refractivity contribution in [2.75, 3.05) is 33.9 Å². The lowest BCUT2D eigenvalue weighted by Gasteiger charge is -2.23. The van der Waals surface area contributed by atoms with Crippen LogP contribution in [-0.4, -0.2) is 50.2 Å². The number of benzene rings is 1. The van der Waals surface area contributed by atoms with Gasteiger partial charge in [0.2, 0.25) is 5.91 Å². The van der Waals surface area contributed by atoms with Gasteiger partial charge in [0, 0.05) is 12.1 Å². The summed E-state index contributed by atoms with van der Waals surface area (Å²) in [7, 11) is 3.53. The zero-order chi connectivity index (χ0) is 15.9. The van der Waals surface area contributed by atoms with E-state index in [4.69, 9.17) is 9.47 Å². The average molecular weight is 294 g/mol. The summed E-state index contributed by atoms with van der Waals surface area (Å²) < 4.78 is 10.7. The fraction of sp³-hybridized carbons (Fsp3) is 0.562. The number of nitrogens with zero attached hydrogens (tertiary/aromatic N) is 1. The molecule has 0 radical (unpaired) electrons. The number of likely N-dealkylation sites (N-methyl/N-ethyl adjacent to an activating group) is 1. The van der Waals surface area contributed by atoms with Gasteiger partial charge in [-0.3, -0.25) is 9.69 Å². The van der Waals surface area contributed by atoms with E-state index in [1.54, 1.807) is 7.11 Å². The quantitative estimate of drug-likeness (QED) is 0.835. The monoisotopic (exact) mass is 294 g/mol. The highest BCUT2D eigenvalue weighted by molar-refractivity contribution is 5.78. The molecule has 118 valence electrons. The molecule has 0 aliphatic rings. The lowest BCUT2D eigenvalue weighted by molar-refractivity contribution is -0.123. The minimum absolute atomic E-state index is 0.0226. The number of hydrogen-bond donors (Lipinski definition) is 1. The van der Waals surface area contributed by atoms with Gasteiger partial charge in [-0.05, 0) is 52.1 Å². The lowest BCUT2D eigenvalue weighted by Crippen LogP contribution is -2.45. The van der Waals surface area contributed by atoms with E-state index in [0.29, 0.717) is 19.7 Å². The molecular formula is C16H26N2O3. The standard InChI is InChI=1S/C16H26N2O3/c1-16(2,3)17-15(19)12-18(4)10-11-21-14-8-6-13(20-5)7-9-14/h6-9H,10-12H2,1-5H3,(H,17,19). The van der Waals surface area contributed by atoms with Gasteiger partial charge in [-0.1, -0.05) is 0 Å². The van der Waals surface area contributed by atoms with E-state index in [9.17, 15) is 4.79 Å². The van der Waals surface area contributed by atoms with Crippen LogP contribution in [0.25, 0.3) is 0 Å². The van der Waals surface area contributed by atoms with Crippen LogP contribution in [0.4, 0.5) is 0 Å². The van der Waals surface area contributed by atoms with Crippen LogP contribution in [-0.2, 0) is 4.79 Å². The summed E-state index contributed by atoms with van der Waals surface area (Å²) in [5.74, 6) is 1.62. The van der Waals surface area contributed by atoms with Crippen molar-refractivity contribution in [1.29, 1.82) is 0 Å². The van der Waals surface area contributed by atoms with Crippen molar-refractivity contribution in [3.8, 4) is 11.5 Å². The van der Waals surface area contributed by atoms with Crippen LogP contribution < -0.4 is 14.8 Å². The van der Waals surface area contributed by atoms with Gasteiger partial charge < -0.3 is 14.8 Å². The van der Waals surface area contributed by atoms with Gasteiger partial charge in [0.1, 0.15) is 18.1 Å². The van der Waals surface area contributed by atoms with Crippen LogP contribution in [0.5, 0.6) is 11.5 Å². The molecule has 0 heterocycles. The third-order valence-corrected chi connectivity index (χ3v) is 2.73. The van der Waals surface area contributed by atoms with Crippen molar-refractivity contribution >= 4 is 5.91 Å². The Balaban J connectivity index is 2.26. The molecular weight excluding hydrogens is 268 g/mol. The molecule has 5 heteroatoms. The molecule has 1 amide bonds. The second-order valence-electron chi connectivity index (χ2n) is 6.06. The molecule has 1 N–H and O–H groups in total. The molecule has 21 heavy (non-hydrogen) atoms. The maximum atomic E-state index is 11.8. The fourth-order valence-corrected chi connectivity index (χ4v) is 1.77. The molecule has 0 aliphatic carbocycles. The van der Waals surface area contributed by atoms with Crippen LogP contribution >= 0.6 is 0 Å². The number of carbonyl (C=O) groups is 1. The molecule has 0 atom stereocenters. The Morgan fingerprint density at radius 3 is 2.29 bits per heavy atom. The molecule has 1 aromatic carbocycles. The minimum atomic E-state index is -0.197. The van der Waals surface area contributed by atoms with Gasteiger partial charge in [-0.15, -0.1) is 0 Å². The van der Waals surface area contributed by atoms with E-state index in [2.05, 4.69) is 5.32 Å². The van der Waals surface area contributed by atoms with E-state index in [0.717, 1.165) is 11.5 Å². The largest absolute Gasteiger partial charge is 0.497 e. The molecule has 0 spiro atoms. The van der Waals surface area contributed by atoms with Crippen molar-refractivity contribution in [2.24, 2.45) is 0 Å². The Kier molecular flexibility index (Phi) is 6.49. The predicted octanol–water partition coefficient (Wildman–Crippen LogP) is 1.92. The molecule has 0 saturated heterocycles. The molecule has 0 bridgehead atoms. The molecule has 0 aliphatic heterocycles. The number of methoxy groups -OCH3 is 1. The number of ether oxygens (including phenoxy) is 2. The fourth-order valence-electron chi connectivity index (χ4n) is 1.77. The summed E-state index contributed by atoms with van der Waals surface area (Å²) in [5, 5.41) is 2.94. The smallest absolute Gasteiger partial charge is 0.234 e. The Hall–Kier alpha value is -1.75. The van der Waals surface area contributed by atoms with Crippen molar-refractivity contribution in [3.05, 3.63) is 24.3 Å². The third-order valence-electron chi connectivity index (χ3n) is 2.73. The predicted molar refractivity (Wildman–Crippen MR) is 83.9 cm³/mol. The van der Waals surface area contributed by atoms with E-state index in [1.807, 2.05) is 57.0 Å². The summed E-state index contributed by atoms with van der Waals surface area (Å²) in [4.78, 5) is 13.7. The first kappa shape index (κ1) is 17.3. The Bertz CT molecular complexity index is 438. The molecule has 1 rings (SSSR count). The Labute approximate surface area is 127 Å². The third kappa shape index (κ3) is 7.56. The van der Waals surface area contributed by atoms with Crippen LogP contribution in [0.15, 0.2) is 24.3 Å². The average Bonchev–Trinajstić information content (AvgIpc) is 2.37. The number of rotatable bonds is 7. The van der Waals surface area contributed by atoms with Crippen LogP contribution in [0, 0.1) is 0 Å². The second kappa shape index (κ2) is 7.88. The summed E-state index contributed by atoms with van der Waals surface area (Å²) in [5.41, 5.74) is -0.197. The van der Waals surface area contributed by atoms with Crippen LogP contribution in [0.3, 0.4) is 0 Å². The zero-order valence-corrected chi connectivity index (χ0v) is 13.6. The first-order valence-electron chi connectivity index (χ1n) is 7.06. The van der Waals surface area contributed by atoms with Gasteiger partial charge in [0.05, 0.1) is 13.7 Å². The molecule has 0 saturated carbocycles. The highest BCUT2D eigenvalue weighted by Gasteiger charge is 2.14. The van der Waals surface area contributed by atoms with Gasteiger partial charge in [0.25, 0.3) is 0 Å². The summed E-state index contributed by atoms with van der Waals surface area (Å²) >= 11 is 0. The Morgan fingerprint density at radius 2 is 1.76 bits per heavy atom. The van der Waals surface area contributed by atoms with Crippen molar-refractivity contribution < 1.29 is 14.3 Å². The summed E-state index contributed by atoms with van der Waals surface area (Å²) in [6.07, 6.45) is 0. The highest BCUT2D eigenvalue weighted by atomic mass is 16.5. The number of carbonyl (C=O) groups excluding carboxylic acids is 1. The topological polar surface area (TPSA) is 50.8 Å². The first-order valence-corrected chi connectivity index (χ1v) is 7.06. The van der Waals surface area contributed by atoms with Gasteiger partial charge >= 0.3 is 0 Å². The molecule has 0 aromatic heterocycles. The van der Waals surface area contributed by atoms with Crippen LogP contribution in [0.2, 0.25) is 0 Å². The van der Waals surface area contributed by atoms with Crippen molar-refractivity contribution in [1.82, 2.24) is 10.2 Å². The van der Waals surface area contributed by atoms with E-state index >= 15 is 0 Å².